The summed E-state index contributed by atoms with van der Waals surface area (Å²) in [5.74, 6) is 1.09. The van der Waals surface area contributed by atoms with Crippen molar-refractivity contribution >= 4 is 17.3 Å². The van der Waals surface area contributed by atoms with E-state index in [1.165, 1.54) is 0 Å². The van der Waals surface area contributed by atoms with Gasteiger partial charge in [-0.2, -0.15) is 0 Å². The molecule has 0 fully saturated rings. The molecule has 0 spiro atoms. The third-order valence-electron chi connectivity index (χ3n) is 3.43. The molecule has 0 saturated heterocycles. The van der Waals surface area contributed by atoms with E-state index < -0.39 is 0 Å². The zero-order valence-electron chi connectivity index (χ0n) is 13.0. The van der Waals surface area contributed by atoms with E-state index in [9.17, 15) is 4.79 Å². The summed E-state index contributed by atoms with van der Waals surface area (Å²) in [4.78, 5) is 13.9. The van der Waals surface area contributed by atoms with Crippen molar-refractivity contribution in [3.05, 3.63) is 54.1 Å². The molecular weight excluding hydrogens is 262 g/mol. The minimum Gasteiger partial charge on any atom is -0.497 e. The molecule has 0 N–H and O–H groups in total. The lowest BCUT2D eigenvalue weighted by Gasteiger charge is -2.26. The molecule has 0 heterocycles. The lowest BCUT2D eigenvalue weighted by molar-refractivity contribution is -0.115. The molecule has 2 rings (SSSR count). The van der Waals surface area contributed by atoms with Crippen LogP contribution in [0.4, 0.5) is 11.4 Å². The second kappa shape index (κ2) is 6.44. The number of ether oxygens (including phenoxy) is 1. The SMILES string of the molecule is COc1ccc(N(C(C)=O)c2ccccc2)c(C(C)C)c1. The summed E-state index contributed by atoms with van der Waals surface area (Å²) in [7, 11) is 1.65. The standard InChI is InChI=1S/C18H21NO2/c1-13(2)17-12-16(21-4)10-11-18(17)19(14(3)20)15-8-6-5-7-9-15/h5-13H,1-4H3. The molecule has 110 valence electrons. The number of carbonyl (C=O) groups excluding carboxylic acids is 1. The maximum Gasteiger partial charge on any atom is 0.228 e. The highest BCUT2D eigenvalue weighted by molar-refractivity contribution is 5.99. The molecule has 2 aromatic carbocycles. The van der Waals surface area contributed by atoms with Gasteiger partial charge in [0, 0.05) is 12.6 Å². The Kier molecular flexibility index (Phi) is 4.63. The molecule has 0 atom stereocenters. The maximum atomic E-state index is 12.2. The van der Waals surface area contributed by atoms with Crippen LogP contribution in [0.5, 0.6) is 5.75 Å². The van der Waals surface area contributed by atoms with Gasteiger partial charge >= 0.3 is 0 Å². The molecule has 0 unspecified atom stereocenters. The maximum absolute atomic E-state index is 12.2. The number of rotatable bonds is 4. The average Bonchev–Trinajstić information content (AvgIpc) is 2.48. The van der Waals surface area contributed by atoms with E-state index >= 15 is 0 Å². The van der Waals surface area contributed by atoms with E-state index in [4.69, 9.17) is 4.74 Å². The van der Waals surface area contributed by atoms with Crippen LogP contribution in [0.2, 0.25) is 0 Å². The summed E-state index contributed by atoms with van der Waals surface area (Å²) >= 11 is 0. The number of benzene rings is 2. The highest BCUT2D eigenvalue weighted by atomic mass is 16.5. The average molecular weight is 283 g/mol. The molecule has 0 aliphatic carbocycles. The molecule has 0 aliphatic heterocycles. The highest BCUT2D eigenvalue weighted by Crippen LogP contribution is 2.35. The Morgan fingerprint density at radius 3 is 2.29 bits per heavy atom. The van der Waals surface area contributed by atoms with E-state index in [2.05, 4.69) is 13.8 Å². The number of nitrogens with zero attached hydrogens (tertiary/aromatic N) is 1. The van der Waals surface area contributed by atoms with Gasteiger partial charge < -0.3 is 4.74 Å². The van der Waals surface area contributed by atoms with Crippen molar-refractivity contribution in [2.75, 3.05) is 12.0 Å². The fourth-order valence-corrected chi connectivity index (χ4v) is 2.39. The van der Waals surface area contributed by atoms with Gasteiger partial charge in [-0.25, -0.2) is 0 Å². The van der Waals surface area contributed by atoms with E-state index in [0.29, 0.717) is 5.92 Å². The normalized spacial score (nSPS) is 10.5. The van der Waals surface area contributed by atoms with E-state index in [1.54, 1.807) is 18.9 Å². The predicted molar refractivity (Wildman–Crippen MR) is 86.3 cm³/mol. The molecule has 3 nitrogen and oxygen atoms in total. The second-order valence-corrected chi connectivity index (χ2v) is 5.27. The molecule has 3 heteroatoms. The third-order valence-corrected chi connectivity index (χ3v) is 3.43. The zero-order chi connectivity index (χ0) is 15.4. The third kappa shape index (κ3) is 3.24. The summed E-state index contributed by atoms with van der Waals surface area (Å²) in [6, 6.07) is 15.5. The van der Waals surface area contributed by atoms with Crippen LogP contribution in [-0.2, 0) is 4.79 Å². The van der Waals surface area contributed by atoms with Crippen molar-refractivity contribution in [3.63, 3.8) is 0 Å². The van der Waals surface area contributed by atoms with Gasteiger partial charge in [-0.1, -0.05) is 32.0 Å². The molecule has 2 aromatic rings. The van der Waals surface area contributed by atoms with Crippen LogP contribution < -0.4 is 9.64 Å². The number of hydrogen-bond donors (Lipinski definition) is 0. The Labute approximate surface area is 126 Å². The first kappa shape index (κ1) is 15.1. The molecule has 0 aliphatic rings. The zero-order valence-corrected chi connectivity index (χ0v) is 13.0. The highest BCUT2D eigenvalue weighted by Gasteiger charge is 2.19. The quantitative estimate of drug-likeness (QED) is 0.826. The monoisotopic (exact) mass is 283 g/mol. The van der Waals surface area contributed by atoms with Gasteiger partial charge in [-0.05, 0) is 41.8 Å². The van der Waals surface area contributed by atoms with Crippen LogP contribution in [0.3, 0.4) is 0 Å². The van der Waals surface area contributed by atoms with Gasteiger partial charge in [0.2, 0.25) is 5.91 Å². The smallest absolute Gasteiger partial charge is 0.228 e. The molecule has 1 amide bonds. The lowest BCUT2D eigenvalue weighted by Crippen LogP contribution is -2.24. The summed E-state index contributed by atoms with van der Waals surface area (Å²) in [5, 5.41) is 0. The number of para-hydroxylation sites is 1. The van der Waals surface area contributed by atoms with Crippen molar-refractivity contribution < 1.29 is 9.53 Å². The van der Waals surface area contributed by atoms with Crippen molar-refractivity contribution in [2.45, 2.75) is 26.7 Å². The van der Waals surface area contributed by atoms with Crippen molar-refractivity contribution in [1.29, 1.82) is 0 Å². The van der Waals surface area contributed by atoms with E-state index in [1.807, 2.05) is 48.5 Å². The molecule has 0 aromatic heterocycles. The molecule has 0 radical (unpaired) electrons. The fraction of sp³-hybridized carbons (Fsp3) is 0.278. The first-order chi connectivity index (χ1) is 10.0. The predicted octanol–water partition coefficient (Wildman–Crippen LogP) is 4.50. The largest absolute Gasteiger partial charge is 0.497 e. The van der Waals surface area contributed by atoms with Gasteiger partial charge in [0.25, 0.3) is 0 Å². The van der Waals surface area contributed by atoms with Crippen LogP contribution in [-0.4, -0.2) is 13.0 Å². The topological polar surface area (TPSA) is 29.5 Å². The first-order valence-electron chi connectivity index (χ1n) is 7.08. The fourth-order valence-electron chi connectivity index (χ4n) is 2.39. The van der Waals surface area contributed by atoms with Crippen LogP contribution >= 0.6 is 0 Å². The van der Waals surface area contributed by atoms with Crippen molar-refractivity contribution in [3.8, 4) is 5.75 Å². The minimum atomic E-state index is -0.00623. The number of hydrogen-bond acceptors (Lipinski definition) is 2. The summed E-state index contributed by atoms with van der Waals surface area (Å²) in [6.45, 7) is 5.81. The van der Waals surface area contributed by atoms with Gasteiger partial charge in [-0.15, -0.1) is 0 Å². The Hall–Kier alpha value is -2.29. The Morgan fingerprint density at radius 2 is 1.76 bits per heavy atom. The minimum absolute atomic E-state index is 0.00623. The number of carbonyl (C=O) groups is 1. The van der Waals surface area contributed by atoms with Gasteiger partial charge in [0.1, 0.15) is 5.75 Å². The van der Waals surface area contributed by atoms with Gasteiger partial charge in [0.05, 0.1) is 12.8 Å². The van der Waals surface area contributed by atoms with Crippen LogP contribution in [0.1, 0.15) is 32.3 Å². The van der Waals surface area contributed by atoms with E-state index in [0.717, 1.165) is 22.7 Å². The van der Waals surface area contributed by atoms with Crippen LogP contribution in [0, 0.1) is 0 Å². The first-order valence-corrected chi connectivity index (χ1v) is 7.08. The lowest BCUT2D eigenvalue weighted by atomic mass is 9.99. The molecular formula is C18H21NO2. The summed E-state index contributed by atoms with van der Waals surface area (Å²) in [5.41, 5.74) is 2.87. The Morgan fingerprint density at radius 1 is 1.10 bits per heavy atom. The molecule has 0 saturated carbocycles. The summed E-state index contributed by atoms with van der Waals surface area (Å²) < 4.78 is 5.30. The van der Waals surface area contributed by atoms with Gasteiger partial charge in [0.15, 0.2) is 0 Å². The molecule has 21 heavy (non-hydrogen) atoms. The number of methoxy groups -OCH3 is 1. The van der Waals surface area contributed by atoms with E-state index in [-0.39, 0.29) is 5.91 Å². The van der Waals surface area contributed by atoms with Crippen molar-refractivity contribution in [2.24, 2.45) is 0 Å². The number of amides is 1. The van der Waals surface area contributed by atoms with Crippen LogP contribution in [0.15, 0.2) is 48.5 Å². The number of anilines is 2. The van der Waals surface area contributed by atoms with Crippen LogP contribution in [0.25, 0.3) is 0 Å². The van der Waals surface area contributed by atoms with Crippen molar-refractivity contribution in [1.82, 2.24) is 0 Å². The Bertz CT molecular complexity index is 620. The second-order valence-electron chi connectivity index (χ2n) is 5.27. The summed E-state index contributed by atoms with van der Waals surface area (Å²) in [6.07, 6.45) is 0. The molecule has 0 bridgehead atoms. The van der Waals surface area contributed by atoms with Gasteiger partial charge in [-0.3, -0.25) is 9.69 Å². The Balaban J connectivity index is 2.58.